The summed E-state index contributed by atoms with van der Waals surface area (Å²) in [7, 11) is -3.21. The molecule has 0 bridgehead atoms. The second kappa shape index (κ2) is 7.42. The highest BCUT2D eigenvalue weighted by Crippen LogP contribution is 2.33. The molecule has 0 saturated heterocycles. The molecule has 128 valence electrons. The molecule has 0 unspecified atom stereocenters. The van der Waals surface area contributed by atoms with Crippen molar-refractivity contribution in [3.8, 4) is 16.9 Å². The molecular formula is C20H17BrO3S. The largest absolute Gasteiger partial charge is 0.488 e. The van der Waals surface area contributed by atoms with E-state index in [1.165, 1.54) is 6.26 Å². The van der Waals surface area contributed by atoms with Crippen molar-refractivity contribution in [1.29, 1.82) is 0 Å². The van der Waals surface area contributed by atoms with Gasteiger partial charge in [-0.25, -0.2) is 8.42 Å². The molecule has 0 aliphatic heterocycles. The van der Waals surface area contributed by atoms with E-state index in [1.807, 2.05) is 48.5 Å². The summed E-state index contributed by atoms with van der Waals surface area (Å²) in [6, 6.07) is 22.6. The number of sulfone groups is 1. The van der Waals surface area contributed by atoms with Gasteiger partial charge in [0.25, 0.3) is 0 Å². The van der Waals surface area contributed by atoms with Gasteiger partial charge >= 0.3 is 0 Å². The zero-order valence-electron chi connectivity index (χ0n) is 13.6. The van der Waals surface area contributed by atoms with Crippen molar-refractivity contribution in [2.75, 3.05) is 6.26 Å². The summed E-state index contributed by atoms with van der Waals surface area (Å²) in [4.78, 5) is 0.304. The highest BCUT2D eigenvalue weighted by Gasteiger charge is 2.11. The second-order valence-corrected chi connectivity index (χ2v) is 8.64. The van der Waals surface area contributed by atoms with Crippen LogP contribution < -0.4 is 4.74 Å². The van der Waals surface area contributed by atoms with Crippen molar-refractivity contribution in [3.63, 3.8) is 0 Å². The van der Waals surface area contributed by atoms with Crippen molar-refractivity contribution in [2.24, 2.45) is 0 Å². The number of rotatable bonds is 5. The third-order valence-electron chi connectivity index (χ3n) is 3.77. The predicted octanol–water partition coefficient (Wildman–Crippen LogP) is 5.10. The smallest absolute Gasteiger partial charge is 0.175 e. The predicted molar refractivity (Wildman–Crippen MR) is 103 cm³/mol. The Hall–Kier alpha value is -2.11. The van der Waals surface area contributed by atoms with Crippen LogP contribution in [-0.2, 0) is 16.4 Å². The molecule has 0 fully saturated rings. The summed E-state index contributed by atoms with van der Waals surface area (Å²) in [6.45, 7) is 0.469. The van der Waals surface area contributed by atoms with Crippen LogP contribution in [0.5, 0.6) is 5.75 Å². The molecule has 3 aromatic carbocycles. The van der Waals surface area contributed by atoms with Gasteiger partial charge in [-0.05, 0) is 41.5 Å². The van der Waals surface area contributed by atoms with Crippen LogP contribution in [0.3, 0.4) is 0 Å². The summed E-state index contributed by atoms with van der Waals surface area (Å²) in [5.41, 5.74) is 2.89. The normalized spacial score (nSPS) is 11.3. The van der Waals surface area contributed by atoms with Crippen LogP contribution in [0.25, 0.3) is 11.1 Å². The first-order valence-electron chi connectivity index (χ1n) is 7.70. The number of hydrogen-bond donors (Lipinski definition) is 0. The maximum absolute atomic E-state index is 11.6. The zero-order valence-corrected chi connectivity index (χ0v) is 16.0. The van der Waals surface area contributed by atoms with E-state index in [0.29, 0.717) is 11.5 Å². The van der Waals surface area contributed by atoms with E-state index >= 15 is 0 Å². The van der Waals surface area contributed by atoms with Crippen LogP contribution in [-0.4, -0.2) is 14.7 Å². The topological polar surface area (TPSA) is 43.4 Å². The van der Waals surface area contributed by atoms with Gasteiger partial charge in [0.15, 0.2) is 9.84 Å². The molecular weight excluding hydrogens is 400 g/mol. The fourth-order valence-corrected chi connectivity index (χ4v) is 3.46. The Labute approximate surface area is 156 Å². The van der Waals surface area contributed by atoms with Crippen LogP contribution in [0.2, 0.25) is 0 Å². The molecule has 5 heteroatoms. The third-order valence-corrected chi connectivity index (χ3v) is 5.39. The summed E-state index contributed by atoms with van der Waals surface area (Å²) in [6.07, 6.45) is 1.20. The Bertz CT molecular complexity index is 966. The van der Waals surface area contributed by atoms with Crippen LogP contribution >= 0.6 is 15.9 Å². The average molecular weight is 417 g/mol. The van der Waals surface area contributed by atoms with E-state index in [1.54, 1.807) is 24.3 Å². The molecule has 0 heterocycles. The minimum absolute atomic E-state index is 0.304. The number of ether oxygens (including phenoxy) is 1. The first-order valence-corrected chi connectivity index (χ1v) is 10.4. The van der Waals surface area contributed by atoms with Gasteiger partial charge < -0.3 is 4.74 Å². The summed E-state index contributed by atoms with van der Waals surface area (Å²) < 4.78 is 30.2. The van der Waals surface area contributed by atoms with Gasteiger partial charge in [0.2, 0.25) is 0 Å². The highest BCUT2D eigenvalue weighted by atomic mass is 79.9. The Morgan fingerprint density at radius 3 is 2.24 bits per heavy atom. The Balaban J connectivity index is 1.91. The lowest BCUT2D eigenvalue weighted by atomic mass is 10.0. The standard InChI is InChI=1S/C20H17BrO3S/c1-25(22,23)18-10-7-16(8-11-18)19-13-17(21)9-12-20(19)24-14-15-5-3-2-4-6-15/h2-13H,14H2,1H3. The van der Waals surface area contributed by atoms with Crippen LogP contribution in [0.15, 0.2) is 82.2 Å². The van der Waals surface area contributed by atoms with Crippen LogP contribution in [0.4, 0.5) is 0 Å². The summed E-state index contributed by atoms with van der Waals surface area (Å²) in [5.74, 6) is 0.749. The van der Waals surface area contributed by atoms with Gasteiger partial charge in [-0.2, -0.15) is 0 Å². The van der Waals surface area contributed by atoms with Crippen molar-refractivity contribution in [3.05, 3.63) is 82.8 Å². The van der Waals surface area contributed by atoms with Crippen molar-refractivity contribution < 1.29 is 13.2 Å². The van der Waals surface area contributed by atoms with E-state index in [2.05, 4.69) is 15.9 Å². The van der Waals surface area contributed by atoms with E-state index in [9.17, 15) is 8.42 Å². The molecule has 3 rings (SSSR count). The minimum Gasteiger partial charge on any atom is -0.488 e. The van der Waals surface area contributed by atoms with Gasteiger partial charge in [-0.15, -0.1) is 0 Å². The first-order chi connectivity index (χ1) is 11.9. The monoisotopic (exact) mass is 416 g/mol. The molecule has 0 radical (unpaired) electrons. The fraction of sp³-hybridized carbons (Fsp3) is 0.100. The molecule has 0 amide bonds. The molecule has 0 aromatic heterocycles. The maximum atomic E-state index is 11.6. The summed E-state index contributed by atoms with van der Waals surface area (Å²) >= 11 is 3.48. The number of halogens is 1. The molecule has 3 nitrogen and oxygen atoms in total. The van der Waals surface area contributed by atoms with Crippen molar-refractivity contribution in [1.82, 2.24) is 0 Å². The van der Waals surface area contributed by atoms with Crippen LogP contribution in [0, 0.1) is 0 Å². The molecule has 25 heavy (non-hydrogen) atoms. The van der Waals surface area contributed by atoms with Crippen molar-refractivity contribution >= 4 is 25.8 Å². The minimum atomic E-state index is -3.21. The molecule has 0 spiro atoms. The molecule has 0 atom stereocenters. The van der Waals surface area contributed by atoms with E-state index in [0.717, 1.165) is 26.9 Å². The zero-order chi connectivity index (χ0) is 17.9. The van der Waals surface area contributed by atoms with Gasteiger partial charge in [-0.1, -0.05) is 58.4 Å². The second-order valence-electron chi connectivity index (χ2n) is 5.71. The van der Waals surface area contributed by atoms with Gasteiger partial charge in [0, 0.05) is 16.3 Å². The SMILES string of the molecule is CS(=O)(=O)c1ccc(-c2cc(Br)ccc2OCc2ccccc2)cc1. The Morgan fingerprint density at radius 2 is 1.60 bits per heavy atom. The third kappa shape index (κ3) is 4.50. The van der Waals surface area contributed by atoms with Crippen molar-refractivity contribution in [2.45, 2.75) is 11.5 Å². The molecule has 0 aliphatic carbocycles. The first kappa shape index (κ1) is 17.7. The quantitative estimate of drug-likeness (QED) is 0.580. The Kier molecular flexibility index (Phi) is 5.25. The summed E-state index contributed by atoms with van der Waals surface area (Å²) in [5, 5.41) is 0. The van der Waals surface area contributed by atoms with E-state index in [4.69, 9.17) is 4.74 Å². The molecule has 0 N–H and O–H groups in total. The van der Waals surface area contributed by atoms with Gasteiger partial charge in [-0.3, -0.25) is 0 Å². The van der Waals surface area contributed by atoms with E-state index in [-0.39, 0.29) is 0 Å². The van der Waals surface area contributed by atoms with Gasteiger partial charge in [0.05, 0.1) is 4.90 Å². The number of benzene rings is 3. The average Bonchev–Trinajstić information content (AvgIpc) is 2.61. The molecule has 3 aromatic rings. The lowest BCUT2D eigenvalue weighted by Gasteiger charge is -2.13. The van der Waals surface area contributed by atoms with Crippen LogP contribution in [0.1, 0.15) is 5.56 Å². The number of hydrogen-bond acceptors (Lipinski definition) is 3. The lowest BCUT2D eigenvalue weighted by molar-refractivity contribution is 0.307. The van der Waals surface area contributed by atoms with Gasteiger partial charge in [0.1, 0.15) is 12.4 Å². The highest BCUT2D eigenvalue weighted by molar-refractivity contribution is 9.10. The fourth-order valence-electron chi connectivity index (χ4n) is 2.47. The maximum Gasteiger partial charge on any atom is 0.175 e. The Morgan fingerprint density at radius 1 is 0.920 bits per heavy atom. The lowest BCUT2D eigenvalue weighted by Crippen LogP contribution is -1.98. The molecule has 0 aliphatic rings. The molecule has 0 saturated carbocycles. The van der Waals surface area contributed by atoms with E-state index < -0.39 is 9.84 Å².